The van der Waals surface area contributed by atoms with Gasteiger partial charge in [-0.2, -0.15) is 4.72 Å². The van der Waals surface area contributed by atoms with Crippen molar-refractivity contribution in [3.8, 4) is 5.75 Å². The molecule has 1 aromatic carbocycles. The Morgan fingerprint density at radius 2 is 1.78 bits per heavy atom. The highest BCUT2D eigenvalue weighted by atomic mass is 32.2. The lowest BCUT2D eigenvalue weighted by Crippen LogP contribution is -2.49. The number of benzene rings is 1. The zero-order valence-corrected chi connectivity index (χ0v) is 17.6. The maximum Gasteiger partial charge on any atom is 0.250 e. The minimum atomic E-state index is -3.72. The van der Waals surface area contributed by atoms with E-state index in [4.69, 9.17) is 4.74 Å². The molecule has 0 aliphatic rings. The van der Waals surface area contributed by atoms with Crippen molar-refractivity contribution in [3.63, 3.8) is 0 Å². The number of hydrogen-bond donors (Lipinski definition) is 2. The molecule has 0 radical (unpaired) electrons. The maximum absolute atomic E-state index is 12.6. The molecule has 27 heavy (non-hydrogen) atoms. The first kappa shape index (κ1) is 21.4. The lowest BCUT2D eigenvalue weighted by atomic mass is 10.0. The number of sulfonamides is 1. The topological polar surface area (TPSA) is 84.5 Å². The van der Waals surface area contributed by atoms with Crippen molar-refractivity contribution < 1.29 is 17.9 Å². The quantitative estimate of drug-likeness (QED) is 0.665. The zero-order valence-electron chi connectivity index (χ0n) is 15.9. The molecule has 6 nitrogen and oxygen atoms in total. The molecule has 1 heterocycles. The second-order valence-electron chi connectivity index (χ2n) is 6.80. The van der Waals surface area contributed by atoms with Gasteiger partial charge in [0.1, 0.15) is 16.0 Å². The van der Waals surface area contributed by atoms with Crippen LogP contribution in [0.3, 0.4) is 0 Å². The summed E-state index contributed by atoms with van der Waals surface area (Å²) in [5.74, 6) is 0.220. The molecular weight excluding hydrogens is 384 g/mol. The summed E-state index contributed by atoms with van der Waals surface area (Å²) in [5.41, 5.74) is 0.906. The van der Waals surface area contributed by atoms with Gasteiger partial charge in [-0.1, -0.05) is 32.0 Å². The van der Waals surface area contributed by atoms with E-state index in [1.165, 1.54) is 6.07 Å². The normalized spacial score (nSPS) is 13.0. The Labute approximate surface area is 165 Å². The van der Waals surface area contributed by atoms with Gasteiger partial charge in [0.15, 0.2) is 0 Å². The number of carbonyl (C=O) groups is 1. The van der Waals surface area contributed by atoms with Gasteiger partial charge in [-0.15, -0.1) is 11.3 Å². The number of hydrogen-bond acceptors (Lipinski definition) is 5. The van der Waals surface area contributed by atoms with Crippen LogP contribution in [-0.2, 0) is 21.4 Å². The van der Waals surface area contributed by atoms with Crippen molar-refractivity contribution >= 4 is 27.3 Å². The Kier molecular flexibility index (Phi) is 7.41. The minimum absolute atomic E-state index is 0.0960. The molecule has 1 amide bonds. The Morgan fingerprint density at radius 1 is 1.11 bits per heavy atom. The van der Waals surface area contributed by atoms with E-state index in [0.29, 0.717) is 6.54 Å². The largest absolute Gasteiger partial charge is 0.491 e. The number of ether oxygens (including phenoxy) is 1. The molecule has 2 rings (SSSR count). The Morgan fingerprint density at radius 3 is 2.30 bits per heavy atom. The molecule has 148 valence electrons. The van der Waals surface area contributed by atoms with E-state index in [0.717, 1.165) is 22.6 Å². The molecule has 0 fully saturated rings. The molecule has 1 aromatic heterocycles. The highest BCUT2D eigenvalue weighted by Gasteiger charge is 2.28. The number of nitrogens with one attached hydrogen (secondary N) is 2. The first-order valence-electron chi connectivity index (χ1n) is 8.78. The summed E-state index contributed by atoms with van der Waals surface area (Å²) in [7, 11) is -3.72. The third-order valence-corrected chi connectivity index (χ3v) is 6.59. The van der Waals surface area contributed by atoms with Crippen molar-refractivity contribution in [2.24, 2.45) is 5.92 Å². The highest BCUT2D eigenvalue weighted by Crippen LogP contribution is 2.18. The van der Waals surface area contributed by atoms with Crippen LogP contribution in [0.5, 0.6) is 5.75 Å². The minimum Gasteiger partial charge on any atom is -0.491 e. The van der Waals surface area contributed by atoms with Gasteiger partial charge in [-0.25, -0.2) is 8.42 Å². The van der Waals surface area contributed by atoms with Crippen LogP contribution in [0.2, 0.25) is 0 Å². The smallest absolute Gasteiger partial charge is 0.250 e. The van der Waals surface area contributed by atoms with Crippen molar-refractivity contribution in [1.82, 2.24) is 10.0 Å². The molecule has 0 aliphatic heterocycles. The van der Waals surface area contributed by atoms with E-state index >= 15 is 0 Å². The van der Waals surface area contributed by atoms with Crippen LogP contribution < -0.4 is 14.8 Å². The van der Waals surface area contributed by atoms with Gasteiger partial charge in [-0.05, 0) is 48.9 Å². The van der Waals surface area contributed by atoms with Crippen molar-refractivity contribution in [2.45, 2.75) is 50.6 Å². The first-order valence-corrected chi connectivity index (χ1v) is 11.1. The SMILES string of the molecule is CC(C)Oc1ccc(CNC(=O)[C@H](NS(=O)(=O)c2cccs2)C(C)C)cc1. The third kappa shape index (κ3) is 6.34. The summed E-state index contributed by atoms with van der Waals surface area (Å²) in [6.07, 6.45) is 0.0960. The number of carbonyl (C=O) groups excluding carboxylic acids is 1. The molecule has 0 bridgehead atoms. The fraction of sp³-hybridized carbons (Fsp3) is 0.421. The third-order valence-electron chi connectivity index (χ3n) is 3.75. The van der Waals surface area contributed by atoms with Crippen molar-refractivity contribution in [1.29, 1.82) is 0 Å². The van der Waals surface area contributed by atoms with E-state index in [2.05, 4.69) is 10.0 Å². The summed E-state index contributed by atoms with van der Waals surface area (Å²) in [5, 5.41) is 4.49. The predicted octanol–water partition coefficient (Wildman–Crippen LogP) is 3.15. The lowest BCUT2D eigenvalue weighted by Gasteiger charge is -2.21. The predicted molar refractivity (Wildman–Crippen MR) is 107 cm³/mol. The van der Waals surface area contributed by atoms with Gasteiger partial charge in [-0.3, -0.25) is 4.79 Å². The number of amides is 1. The molecule has 0 saturated heterocycles. The molecule has 1 atom stereocenters. The average Bonchev–Trinajstić information content (AvgIpc) is 3.14. The van der Waals surface area contributed by atoms with Crippen LogP contribution in [0, 0.1) is 5.92 Å². The van der Waals surface area contributed by atoms with Crippen LogP contribution in [0.15, 0.2) is 46.0 Å². The molecule has 8 heteroatoms. The van der Waals surface area contributed by atoms with Crippen molar-refractivity contribution in [2.75, 3.05) is 0 Å². The van der Waals surface area contributed by atoms with E-state index < -0.39 is 16.1 Å². The molecule has 0 unspecified atom stereocenters. The van der Waals surface area contributed by atoms with E-state index in [-0.39, 0.29) is 22.1 Å². The summed E-state index contributed by atoms with van der Waals surface area (Å²) in [6, 6.07) is 9.78. The first-order chi connectivity index (χ1) is 12.7. The Balaban J connectivity index is 1.99. The van der Waals surface area contributed by atoms with E-state index in [9.17, 15) is 13.2 Å². The fourth-order valence-corrected chi connectivity index (χ4v) is 4.74. The van der Waals surface area contributed by atoms with Crippen molar-refractivity contribution in [3.05, 3.63) is 47.3 Å². The maximum atomic E-state index is 12.6. The standard InChI is InChI=1S/C19H26N2O4S2/c1-13(2)18(21-27(23,24)17-6-5-11-26-17)19(22)20-12-15-7-9-16(10-8-15)25-14(3)4/h5-11,13-14,18,21H,12H2,1-4H3,(H,20,22)/t18-/m1/s1. The highest BCUT2D eigenvalue weighted by molar-refractivity contribution is 7.91. The summed E-state index contributed by atoms with van der Waals surface area (Å²) in [4.78, 5) is 12.6. The second kappa shape index (κ2) is 9.34. The molecule has 0 saturated carbocycles. The molecular formula is C19H26N2O4S2. The van der Waals surface area contributed by atoms with E-state index in [1.807, 2.05) is 38.1 Å². The van der Waals surface area contributed by atoms with Crippen LogP contribution >= 0.6 is 11.3 Å². The van der Waals surface area contributed by atoms with Gasteiger partial charge < -0.3 is 10.1 Å². The number of rotatable bonds is 9. The number of thiophene rings is 1. The van der Waals surface area contributed by atoms with Gasteiger partial charge in [0, 0.05) is 6.54 Å². The van der Waals surface area contributed by atoms with Crippen LogP contribution in [0.25, 0.3) is 0 Å². The van der Waals surface area contributed by atoms with Crippen LogP contribution in [-0.4, -0.2) is 26.5 Å². The van der Waals surface area contributed by atoms with Gasteiger partial charge in [0.2, 0.25) is 5.91 Å². The Hall–Kier alpha value is -1.90. The monoisotopic (exact) mass is 410 g/mol. The zero-order chi connectivity index (χ0) is 20.0. The molecule has 2 aromatic rings. The molecule has 0 spiro atoms. The fourth-order valence-electron chi connectivity index (χ4n) is 2.39. The molecule has 2 N–H and O–H groups in total. The van der Waals surface area contributed by atoms with Gasteiger partial charge in [0.05, 0.1) is 6.10 Å². The second-order valence-corrected chi connectivity index (χ2v) is 9.69. The summed E-state index contributed by atoms with van der Waals surface area (Å²) >= 11 is 1.12. The van der Waals surface area contributed by atoms with Crippen LogP contribution in [0.4, 0.5) is 0 Å². The lowest BCUT2D eigenvalue weighted by molar-refractivity contribution is -0.123. The molecule has 0 aliphatic carbocycles. The van der Waals surface area contributed by atoms with Gasteiger partial charge in [0.25, 0.3) is 10.0 Å². The van der Waals surface area contributed by atoms with Gasteiger partial charge >= 0.3 is 0 Å². The van der Waals surface area contributed by atoms with Crippen LogP contribution in [0.1, 0.15) is 33.3 Å². The Bertz CT molecular complexity index is 829. The summed E-state index contributed by atoms with van der Waals surface area (Å²) < 4.78 is 33.1. The van der Waals surface area contributed by atoms with E-state index in [1.54, 1.807) is 25.3 Å². The average molecular weight is 411 g/mol. The summed E-state index contributed by atoms with van der Waals surface area (Å²) in [6.45, 7) is 7.83.